The first-order chi connectivity index (χ1) is 11.6. The number of carbonyl (C=O) groups is 1. The predicted octanol–water partition coefficient (Wildman–Crippen LogP) is 1.20. The molecule has 0 bridgehead atoms. The van der Waals surface area contributed by atoms with Gasteiger partial charge in [0.1, 0.15) is 12.7 Å². The van der Waals surface area contributed by atoms with Crippen molar-refractivity contribution in [2.45, 2.75) is 18.1 Å². The summed E-state index contributed by atoms with van der Waals surface area (Å²) in [7, 11) is 2.91. The molecule has 2 N–H and O–H groups in total. The van der Waals surface area contributed by atoms with Crippen molar-refractivity contribution in [3.63, 3.8) is 0 Å². The summed E-state index contributed by atoms with van der Waals surface area (Å²) in [6.45, 7) is -0.00966. The highest BCUT2D eigenvalue weighted by molar-refractivity contribution is 5.85. The van der Waals surface area contributed by atoms with E-state index in [0.717, 1.165) is 5.56 Å². The minimum atomic E-state index is -1.76. The number of hydrogen-bond donors (Lipinski definition) is 2. The first kappa shape index (κ1) is 17.9. The molecule has 0 radical (unpaired) electrons. The second-order valence-corrected chi connectivity index (χ2v) is 5.37. The minimum Gasteiger partial charge on any atom is -0.475 e. The van der Waals surface area contributed by atoms with Gasteiger partial charge in [0.15, 0.2) is 5.60 Å². The number of pyridine rings is 1. The number of aromatic nitrogens is 1. The van der Waals surface area contributed by atoms with Gasteiger partial charge in [-0.05, 0) is 11.6 Å². The van der Waals surface area contributed by atoms with E-state index in [9.17, 15) is 9.90 Å². The number of aliphatic hydroxyl groups is 1. The van der Waals surface area contributed by atoms with Gasteiger partial charge in [-0.15, -0.1) is 0 Å². The maximum absolute atomic E-state index is 12.3. The van der Waals surface area contributed by atoms with Crippen LogP contribution in [0.5, 0.6) is 5.88 Å². The molecule has 0 aliphatic rings. The van der Waals surface area contributed by atoms with Gasteiger partial charge in [0.05, 0.1) is 0 Å². The fourth-order valence-electron chi connectivity index (χ4n) is 2.46. The van der Waals surface area contributed by atoms with Crippen molar-refractivity contribution in [2.75, 3.05) is 20.8 Å². The van der Waals surface area contributed by atoms with Gasteiger partial charge in [0, 0.05) is 32.8 Å². The minimum absolute atomic E-state index is 0.00966. The number of benzene rings is 1. The van der Waals surface area contributed by atoms with Crippen LogP contribution in [-0.4, -0.2) is 48.5 Å². The van der Waals surface area contributed by atoms with Crippen LogP contribution in [-0.2, 0) is 16.0 Å². The van der Waals surface area contributed by atoms with Crippen molar-refractivity contribution in [3.05, 3.63) is 60.3 Å². The van der Waals surface area contributed by atoms with E-state index in [-0.39, 0.29) is 13.0 Å². The Morgan fingerprint density at radius 3 is 2.54 bits per heavy atom. The first-order valence-corrected chi connectivity index (χ1v) is 7.65. The summed E-state index contributed by atoms with van der Waals surface area (Å²) >= 11 is 0. The molecule has 6 nitrogen and oxygen atoms in total. The molecular formula is C18H22N2O4. The van der Waals surface area contributed by atoms with Crippen LogP contribution in [0.2, 0.25) is 0 Å². The Balaban J connectivity index is 2.18. The van der Waals surface area contributed by atoms with E-state index in [0.29, 0.717) is 5.88 Å². The number of rotatable bonds is 8. The quantitative estimate of drug-likeness (QED) is 0.760. The molecule has 2 unspecified atom stereocenters. The fourth-order valence-corrected chi connectivity index (χ4v) is 2.46. The zero-order chi connectivity index (χ0) is 17.4. The second-order valence-electron chi connectivity index (χ2n) is 5.37. The van der Waals surface area contributed by atoms with Crippen LogP contribution >= 0.6 is 0 Å². The average Bonchev–Trinajstić information content (AvgIpc) is 2.63. The summed E-state index contributed by atoms with van der Waals surface area (Å²) in [5.41, 5.74) is -0.942. The molecule has 1 amide bonds. The fraction of sp³-hybridized carbons (Fsp3) is 0.333. The highest BCUT2D eigenvalue weighted by Crippen LogP contribution is 2.21. The summed E-state index contributed by atoms with van der Waals surface area (Å²) in [5, 5.41) is 13.5. The van der Waals surface area contributed by atoms with E-state index in [1.165, 1.54) is 14.2 Å². The second kappa shape index (κ2) is 8.42. The van der Waals surface area contributed by atoms with Gasteiger partial charge in [-0.2, -0.15) is 0 Å². The molecule has 6 heteroatoms. The van der Waals surface area contributed by atoms with E-state index >= 15 is 0 Å². The number of amides is 1. The van der Waals surface area contributed by atoms with Crippen LogP contribution in [0.4, 0.5) is 0 Å². The Morgan fingerprint density at radius 2 is 1.96 bits per heavy atom. The number of likely N-dealkylation sites (N-methyl/N-ethyl adjacent to an activating group) is 1. The summed E-state index contributed by atoms with van der Waals surface area (Å²) in [5.74, 6) is -0.124. The molecule has 0 fully saturated rings. The third kappa shape index (κ3) is 4.31. The smallest absolute Gasteiger partial charge is 0.254 e. The Morgan fingerprint density at radius 1 is 1.25 bits per heavy atom. The standard InChI is InChI=1S/C18H22N2O4/c1-19-17(21)18(22,12-14-8-4-3-5-9-14)15(23-2)13-24-16-10-6-7-11-20-16/h3-11,15,22H,12-13H2,1-2H3,(H,19,21). The van der Waals surface area contributed by atoms with Gasteiger partial charge in [-0.1, -0.05) is 36.4 Å². The molecule has 2 atom stereocenters. The lowest BCUT2D eigenvalue weighted by Crippen LogP contribution is -2.58. The average molecular weight is 330 g/mol. The Bertz CT molecular complexity index is 636. The Labute approximate surface area is 141 Å². The van der Waals surface area contributed by atoms with Crippen LogP contribution < -0.4 is 10.1 Å². The molecule has 0 aliphatic heterocycles. The molecule has 1 aromatic heterocycles. The first-order valence-electron chi connectivity index (χ1n) is 7.65. The number of carbonyl (C=O) groups excluding carboxylic acids is 1. The van der Waals surface area contributed by atoms with Crippen LogP contribution in [0.1, 0.15) is 5.56 Å². The van der Waals surface area contributed by atoms with Crippen molar-refractivity contribution >= 4 is 5.91 Å². The normalized spacial score (nSPS) is 14.5. The van der Waals surface area contributed by atoms with Gasteiger partial charge in [0.25, 0.3) is 5.91 Å². The zero-order valence-electron chi connectivity index (χ0n) is 13.8. The topological polar surface area (TPSA) is 80.7 Å². The van der Waals surface area contributed by atoms with Crippen LogP contribution in [0.3, 0.4) is 0 Å². The molecule has 0 aliphatic carbocycles. The third-order valence-electron chi connectivity index (χ3n) is 3.77. The lowest BCUT2D eigenvalue weighted by atomic mass is 9.88. The van der Waals surface area contributed by atoms with Crippen LogP contribution in [0.25, 0.3) is 0 Å². The van der Waals surface area contributed by atoms with Crippen molar-refractivity contribution in [1.82, 2.24) is 10.3 Å². The molecular weight excluding hydrogens is 308 g/mol. The molecule has 24 heavy (non-hydrogen) atoms. The molecule has 2 rings (SSSR count). The number of ether oxygens (including phenoxy) is 2. The monoisotopic (exact) mass is 330 g/mol. The summed E-state index contributed by atoms with van der Waals surface area (Å²) < 4.78 is 10.9. The summed E-state index contributed by atoms with van der Waals surface area (Å²) in [4.78, 5) is 16.4. The lowest BCUT2D eigenvalue weighted by molar-refractivity contribution is -0.159. The van der Waals surface area contributed by atoms with E-state index in [1.54, 1.807) is 24.4 Å². The Hall–Kier alpha value is -2.44. The zero-order valence-corrected chi connectivity index (χ0v) is 13.8. The molecule has 1 aromatic carbocycles. The highest BCUT2D eigenvalue weighted by atomic mass is 16.5. The van der Waals surface area contributed by atoms with Gasteiger partial charge in [-0.3, -0.25) is 4.79 Å². The SMILES string of the molecule is CNC(=O)C(O)(Cc1ccccc1)C(COc1ccccn1)OC. The van der Waals surface area contributed by atoms with E-state index < -0.39 is 17.6 Å². The molecule has 0 saturated carbocycles. The van der Waals surface area contributed by atoms with Gasteiger partial charge < -0.3 is 19.9 Å². The van der Waals surface area contributed by atoms with Crippen molar-refractivity contribution in [3.8, 4) is 5.88 Å². The maximum Gasteiger partial charge on any atom is 0.254 e. The van der Waals surface area contributed by atoms with Crippen LogP contribution in [0, 0.1) is 0 Å². The third-order valence-corrected chi connectivity index (χ3v) is 3.77. The van der Waals surface area contributed by atoms with E-state index in [1.807, 2.05) is 30.3 Å². The van der Waals surface area contributed by atoms with Crippen molar-refractivity contribution in [1.29, 1.82) is 0 Å². The highest BCUT2D eigenvalue weighted by Gasteiger charge is 2.44. The maximum atomic E-state index is 12.3. The molecule has 0 saturated heterocycles. The Kier molecular flexibility index (Phi) is 6.28. The van der Waals surface area contributed by atoms with Crippen molar-refractivity contribution < 1.29 is 19.4 Å². The largest absolute Gasteiger partial charge is 0.475 e. The van der Waals surface area contributed by atoms with Gasteiger partial charge in [0.2, 0.25) is 5.88 Å². The number of hydrogen-bond acceptors (Lipinski definition) is 5. The van der Waals surface area contributed by atoms with E-state index in [2.05, 4.69) is 10.3 Å². The van der Waals surface area contributed by atoms with Gasteiger partial charge >= 0.3 is 0 Å². The number of nitrogens with zero attached hydrogens (tertiary/aromatic N) is 1. The number of methoxy groups -OCH3 is 1. The molecule has 1 heterocycles. The lowest BCUT2D eigenvalue weighted by Gasteiger charge is -2.33. The molecule has 2 aromatic rings. The number of nitrogens with one attached hydrogen (secondary N) is 1. The summed E-state index contributed by atoms with van der Waals surface area (Å²) in [6.07, 6.45) is 0.851. The molecule has 0 spiro atoms. The van der Waals surface area contributed by atoms with Gasteiger partial charge in [-0.25, -0.2) is 4.98 Å². The molecule has 128 valence electrons. The predicted molar refractivity (Wildman–Crippen MR) is 89.7 cm³/mol. The summed E-state index contributed by atoms with van der Waals surface area (Å²) in [6, 6.07) is 14.5. The van der Waals surface area contributed by atoms with E-state index in [4.69, 9.17) is 9.47 Å². The van der Waals surface area contributed by atoms with Crippen molar-refractivity contribution in [2.24, 2.45) is 0 Å². The van der Waals surface area contributed by atoms with Crippen LogP contribution in [0.15, 0.2) is 54.7 Å².